The van der Waals surface area contributed by atoms with E-state index in [0.717, 1.165) is 51.1 Å². The molecule has 0 unspecified atom stereocenters. The molecule has 0 bridgehead atoms. The fourth-order valence-electron chi connectivity index (χ4n) is 4.38. The number of benzene rings is 2. The van der Waals surface area contributed by atoms with E-state index in [1.54, 1.807) is 12.1 Å². The van der Waals surface area contributed by atoms with Crippen LogP contribution >= 0.6 is 11.6 Å². The lowest BCUT2D eigenvalue weighted by Gasteiger charge is -2.33. The minimum Gasteiger partial charge on any atom is -0.493 e. The second-order valence-electron chi connectivity index (χ2n) is 8.43. The maximum absolute atomic E-state index is 12.8. The van der Waals surface area contributed by atoms with Crippen molar-refractivity contribution in [3.05, 3.63) is 64.7 Å². The van der Waals surface area contributed by atoms with Crippen LogP contribution in [0.2, 0.25) is 5.02 Å². The molecule has 0 aromatic heterocycles. The Kier molecular flexibility index (Phi) is 7.13. The molecule has 2 saturated heterocycles. The van der Waals surface area contributed by atoms with E-state index in [1.807, 2.05) is 46.2 Å². The molecule has 0 spiro atoms. The highest BCUT2D eigenvalue weighted by atomic mass is 35.5. The molecular weight excluding hydrogens is 412 g/mol. The van der Waals surface area contributed by atoms with Crippen LogP contribution < -0.4 is 4.74 Å². The van der Waals surface area contributed by atoms with Gasteiger partial charge in [0.15, 0.2) is 0 Å². The summed E-state index contributed by atoms with van der Waals surface area (Å²) in [5, 5.41) is 0.491. The largest absolute Gasteiger partial charge is 0.493 e. The summed E-state index contributed by atoms with van der Waals surface area (Å²) in [5.74, 6) is 1.11. The lowest BCUT2D eigenvalue weighted by molar-refractivity contribution is 0.0633. The van der Waals surface area contributed by atoms with Gasteiger partial charge in [0.1, 0.15) is 5.75 Å². The van der Waals surface area contributed by atoms with Crippen LogP contribution in [0.3, 0.4) is 0 Å². The Morgan fingerprint density at radius 3 is 2.32 bits per heavy atom. The zero-order valence-corrected chi connectivity index (χ0v) is 18.5. The summed E-state index contributed by atoms with van der Waals surface area (Å²) in [7, 11) is 0. The highest BCUT2D eigenvalue weighted by Crippen LogP contribution is 2.24. The number of likely N-dealkylation sites (tertiary alicyclic amines) is 2. The molecule has 164 valence electrons. The third kappa shape index (κ3) is 5.40. The third-order valence-electron chi connectivity index (χ3n) is 6.14. The van der Waals surface area contributed by atoms with Crippen LogP contribution in [0.25, 0.3) is 0 Å². The SMILES string of the molecule is O=C(c1ccc(OC[C@H]2CCCN(C(=O)c3ccccc3Cl)C2)cc1)N1CCCCC1. The van der Waals surface area contributed by atoms with Gasteiger partial charge >= 0.3 is 0 Å². The molecule has 5 nitrogen and oxygen atoms in total. The minimum atomic E-state index is -0.0177. The van der Waals surface area contributed by atoms with Crippen molar-refractivity contribution in [1.29, 1.82) is 0 Å². The van der Waals surface area contributed by atoms with Crippen LogP contribution in [0, 0.1) is 5.92 Å². The lowest BCUT2D eigenvalue weighted by Crippen LogP contribution is -2.41. The number of carbonyl (C=O) groups excluding carboxylic acids is 2. The second-order valence-corrected chi connectivity index (χ2v) is 8.83. The van der Waals surface area contributed by atoms with E-state index in [0.29, 0.717) is 29.3 Å². The first kappa shape index (κ1) is 21.7. The standard InChI is InChI=1S/C25H29ClN2O3/c26-23-9-3-2-8-22(23)25(30)28-16-6-7-19(17-28)18-31-21-12-10-20(11-13-21)24(29)27-14-4-1-5-15-27/h2-3,8-13,19H,1,4-7,14-18H2/t19-/m0/s1. The fourth-order valence-corrected chi connectivity index (χ4v) is 4.59. The van der Waals surface area contributed by atoms with Gasteiger partial charge in [0.2, 0.25) is 0 Å². The molecule has 31 heavy (non-hydrogen) atoms. The van der Waals surface area contributed by atoms with Crippen LogP contribution in [-0.2, 0) is 0 Å². The van der Waals surface area contributed by atoms with E-state index in [-0.39, 0.29) is 17.7 Å². The van der Waals surface area contributed by atoms with Gasteiger partial charge in [-0.2, -0.15) is 0 Å². The summed E-state index contributed by atoms with van der Waals surface area (Å²) in [5.41, 5.74) is 1.27. The summed E-state index contributed by atoms with van der Waals surface area (Å²) < 4.78 is 5.99. The molecule has 2 aromatic carbocycles. The maximum Gasteiger partial charge on any atom is 0.255 e. The zero-order valence-electron chi connectivity index (χ0n) is 17.8. The van der Waals surface area contributed by atoms with Gasteiger partial charge < -0.3 is 14.5 Å². The van der Waals surface area contributed by atoms with Gasteiger partial charge in [-0.15, -0.1) is 0 Å². The van der Waals surface area contributed by atoms with Crippen molar-refractivity contribution in [3.63, 3.8) is 0 Å². The molecule has 0 radical (unpaired) electrons. The Hall–Kier alpha value is -2.53. The Balaban J connectivity index is 1.30. The molecule has 2 aliphatic rings. The van der Waals surface area contributed by atoms with Crippen LogP contribution in [0.4, 0.5) is 0 Å². The number of carbonyl (C=O) groups is 2. The number of halogens is 1. The first-order valence-electron chi connectivity index (χ1n) is 11.2. The fraction of sp³-hybridized carbons (Fsp3) is 0.440. The van der Waals surface area contributed by atoms with Crippen molar-refractivity contribution < 1.29 is 14.3 Å². The van der Waals surface area contributed by atoms with Gasteiger partial charge in [0.25, 0.3) is 11.8 Å². The average molecular weight is 441 g/mol. The Morgan fingerprint density at radius 2 is 1.58 bits per heavy atom. The molecule has 2 amide bonds. The summed E-state index contributed by atoms with van der Waals surface area (Å²) >= 11 is 6.20. The number of rotatable bonds is 5. The van der Waals surface area contributed by atoms with Gasteiger partial charge in [0.05, 0.1) is 17.2 Å². The molecule has 2 aliphatic heterocycles. The zero-order chi connectivity index (χ0) is 21.6. The maximum atomic E-state index is 12.8. The van der Waals surface area contributed by atoms with E-state index < -0.39 is 0 Å². The van der Waals surface area contributed by atoms with Crippen molar-refractivity contribution in [2.75, 3.05) is 32.8 Å². The second kappa shape index (κ2) is 10.2. The first-order chi connectivity index (χ1) is 15.1. The Labute approximate surface area is 188 Å². The molecular formula is C25H29ClN2O3. The number of hydrogen-bond acceptors (Lipinski definition) is 3. The summed E-state index contributed by atoms with van der Waals surface area (Å²) in [4.78, 5) is 29.2. The lowest BCUT2D eigenvalue weighted by atomic mass is 9.98. The number of ether oxygens (including phenoxy) is 1. The molecule has 4 rings (SSSR count). The summed E-state index contributed by atoms with van der Waals surface area (Å²) in [6.07, 6.45) is 5.36. The molecule has 2 aromatic rings. The predicted molar refractivity (Wildman–Crippen MR) is 122 cm³/mol. The molecule has 0 aliphatic carbocycles. The highest BCUT2D eigenvalue weighted by molar-refractivity contribution is 6.33. The molecule has 0 saturated carbocycles. The van der Waals surface area contributed by atoms with Crippen LogP contribution in [0.15, 0.2) is 48.5 Å². The van der Waals surface area contributed by atoms with E-state index in [1.165, 1.54) is 6.42 Å². The molecule has 2 heterocycles. The molecule has 0 N–H and O–H groups in total. The van der Waals surface area contributed by atoms with Crippen molar-refractivity contribution >= 4 is 23.4 Å². The number of nitrogens with zero attached hydrogens (tertiary/aromatic N) is 2. The summed E-state index contributed by atoms with van der Waals surface area (Å²) in [6, 6.07) is 14.6. The monoisotopic (exact) mass is 440 g/mol. The number of piperidine rings is 2. The topological polar surface area (TPSA) is 49.9 Å². The van der Waals surface area contributed by atoms with Crippen molar-refractivity contribution in [1.82, 2.24) is 9.80 Å². The molecule has 2 fully saturated rings. The van der Waals surface area contributed by atoms with Crippen molar-refractivity contribution in [2.24, 2.45) is 5.92 Å². The van der Waals surface area contributed by atoms with Gasteiger partial charge in [-0.05, 0) is 68.5 Å². The van der Waals surface area contributed by atoms with E-state index in [4.69, 9.17) is 16.3 Å². The Bertz CT molecular complexity index is 909. The van der Waals surface area contributed by atoms with E-state index >= 15 is 0 Å². The number of amides is 2. The predicted octanol–water partition coefficient (Wildman–Crippen LogP) is 4.90. The summed E-state index contributed by atoms with van der Waals surface area (Å²) in [6.45, 7) is 3.65. The smallest absolute Gasteiger partial charge is 0.255 e. The van der Waals surface area contributed by atoms with Gasteiger partial charge in [-0.1, -0.05) is 23.7 Å². The first-order valence-corrected chi connectivity index (χ1v) is 11.6. The van der Waals surface area contributed by atoms with Crippen LogP contribution in [0.5, 0.6) is 5.75 Å². The van der Waals surface area contributed by atoms with E-state index in [2.05, 4.69) is 0 Å². The van der Waals surface area contributed by atoms with Crippen LogP contribution in [-0.4, -0.2) is 54.4 Å². The van der Waals surface area contributed by atoms with Gasteiger partial charge in [-0.25, -0.2) is 0 Å². The Morgan fingerprint density at radius 1 is 0.871 bits per heavy atom. The molecule has 1 atom stereocenters. The quantitative estimate of drug-likeness (QED) is 0.664. The van der Waals surface area contributed by atoms with E-state index in [9.17, 15) is 9.59 Å². The van der Waals surface area contributed by atoms with Crippen molar-refractivity contribution in [2.45, 2.75) is 32.1 Å². The van der Waals surface area contributed by atoms with Gasteiger partial charge in [-0.3, -0.25) is 9.59 Å². The number of hydrogen-bond donors (Lipinski definition) is 0. The van der Waals surface area contributed by atoms with Crippen molar-refractivity contribution in [3.8, 4) is 5.75 Å². The van der Waals surface area contributed by atoms with Crippen LogP contribution in [0.1, 0.15) is 52.8 Å². The minimum absolute atomic E-state index is 0.0177. The molecule has 6 heteroatoms. The third-order valence-corrected chi connectivity index (χ3v) is 6.47. The van der Waals surface area contributed by atoms with Gasteiger partial charge in [0, 0.05) is 37.7 Å². The average Bonchev–Trinajstić information content (AvgIpc) is 2.83. The highest BCUT2D eigenvalue weighted by Gasteiger charge is 2.26. The normalized spacial score (nSPS) is 19.2.